The average Bonchev–Trinajstić information content (AvgIpc) is 3.01. The van der Waals surface area contributed by atoms with E-state index in [4.69, 9.17) is 4.74 Å². The zero-order valence-electron chi connectivity index (χ0n) is 13.6. The van der Waals surface area contributed by atoms with E-state index in [0.717, 1.165) is 37.8 Å². The molecule has 3 rings (SSSR count). The van der Waals surface area contributed by atoms with Crippen LogP contribution in [0.2, 0.25) is 0 Å². The number of hydrogen-bond donors (Lipinski definition) is 1. The van der Waals surface area contributed by atoms with Gasteiger partial charge in [0.2, 0.25) is 5.91 Å². The molecule has 0 radical (unpaired) electrons. The minimum atomic E-state index is -0.821. The number of hydrogen-bond acceptors (Lipinski definition) is 4. The summed E-state index contributed by atoms with van der Waals surface area (Å²) in [6, 6.07) is 2.36. The first-order valence-electron chi connectivity index (χ1n) is 8.45. The Balaban J connectivity index is 1.64. The molecule has 1 amide bonds. The fourth-order valence-electron chi connectivity index (χ4n) is 3.68. The number of imidazole rings is 1. The van der Waals surface area contributed by atoms with E-state index in [1.54, 1.807) is 6.33 Å². The zero-order chi connectivity index (χ0) is 16.3. The molecule has 1 saturated carbocycles. The second-order valence-corrected chi connectivity index (χ2v) is 6.74. The van der Waals surface area contributed by atoms with Crippen LogP contribution in [0.1, 0.15) is 56.7 Å². The zero-order valence-corrected chi connectivity index (χ0v) is 13.6. The first kappa shape index (κ1) is 16.0. The fourth-order valence-corrected chi connectivity index (χ4v) is 3.68. The van der Waals surface area contributed by atoms with Crippen molar-refractivity contribution in [2.75, 3.05) is 6.61 Å². The van der Waals surface area contributed by atoms with Crippen LogP contribution in [-0.4, -0.2) is 28.1 Å². The highest BCUT2D eigenvalue weighted by Gasteiger charge is 2.41. The molecule has 1 aromatic rings. The summed E-state index contributed by atoms with van der Waals surface area (Å²) in [6.07, 6.45) is 9.46. The number of amides is 1. The third-order valence-corrected chi connectivity index (χ3v) is 5.16. The van der Waals surface area contributed by atoms with Crippen LogP contribution in [0, 0.1) is 16.7 Å². The van der Waals surface area contributed by atoms with Gasteiger partial charge in [-0.1, -0.05) is 19.3 Å². The molecule has 0 spiro atoms. The molecule has 0 unspecified atom stereocenters. The molecular formula is C17H24N4O2. The Kier molecular flexibility index (Phi) is 4.67. The average molecular weight is 316 g/mol. The van der Waals surface area contributed by atoms with Crippen molar-refractivity contribution in [3.8, 4) is 6.07 Å². The molecule has 0 aromatic carbocycles. The van der Waals surface area contributed by atoms with Gasteiger partial charge in [-0.25, -0.2) is 4.98 Å². The third-order valence-electron chi connectivity index (χ3n) is 5.16. The van der Waals surface area contributed by atoms with Crippen molar-refractivity contribution in [1.82, 2.24) is 14.9 Å². The molecule has 0 bridgehead atoms. The Hall–Kier alpha value is -1.87. The number of rotatable bonds is 3. The number of nitrogens with one attached hydrogen (secondary N) is 1. The summed E-state index contributed by atoms with van der Waals surface area (Å²) in [4.78, 5) is 16.8. The minimum absolute atomic E-state index is 0.0501. The maximum Gasteiger partial charge on any atom is 0.240 e. The number of aromatic nitrogens is 2. The van der Waals surface area contributed by atoms with Crippen molar-refractivity contribution < 1.29 is 9.53 Å². The van der Waals surface area contributed by atoms with E-state index in [-0.39, 0.29) is 18.1 Å². The largest absolute Gasteiger partial charge is 0.372 e. The van der Waals surface area contributed by atoms with Gasteiger partial charge in [-0.3, -0.25) is 4.79 Å². The SMILES string of the molecule is Cn1cncc1[C@@H]1C[C@@H](NC(=O)C2(C#N)CCCCC2)CCO1. The molecule has 2 heterocycles. The fraction of sp³-hybridized carbons (Fsp3) is 0.706. The molecule has 6 heteroatoms. The summed E-state index contributed by atoms with van der Waals surface area (Å²) in [7, 11) is 1.95. The molecule has 6 nitrogen and oxygen atoms in total. The maximum atomic E-state index is 12.7. The lowest BCUT2D eigenvalue weighted by Crippen LogP contribution is -2.48. The highest BCUT2D eigenvalue weighted by molar-refractivity contribution is 5.85. The van der Waals surface area contributed by atoms with Crippen molar-refractivity contribution in [3.05, 3.63) is 18.2 Å². The van der Waals surface area contributed by atoms with Crippen LogP contribution in [0.15, 0.2) is 12.5 Å². The molecule has 2 aliphatic rings. The molecule has 1 N–H and O–H groups in total. The highest BCUT2D eigenvalue weighted by Crippen LogP contribution is 2.36. The van der Waals surface area contributed by atoms with Gasteiger partial charge in [0.25, 0.3) is 0 Å². The quantitative estimate of drug-likeness (QED) is 0.927. The van der Waals surface area contributed by atoms with E-state index < -0.39 is 5.41 Å². The first-order chi connectivity index (χ1) is 11.1. The van der Waals surface area contributed by atoms with Gasteiger partial charge in [-0.05, 0) is 25.7 Å². The number of carbonyl (C=O) groups is 1. The predicted octanol–water partition coefficient (Wildman–Crippen LogP) is 2.23. The van der Waals surface area contributed by atoms with Crippen molar-refractivity contribution in [3.63, 3.8) is 0 Å². The van der Waals surface area contributed by atoms with Crippen LogP contribution < -0.4 is 5.32 Å². The van der Waals surface area contributed by atoms with Crippen LogP contribution in [0.5, 0.6) is 0 Å². The lowest BCUT2D eigenvalue weighted by atomic mass is 9.74. The maximum absolute atomic E-state index is 12.7. The van der Waals surface area contributed by atoms with Gasteiger partial charge in [0.1, 0.15) is 11.5 Å². The van der Waals surface area contributed by atoms with Crippen LogP contribution >= 0.6 is 0 Å². The van der Waals surface area contributed by atoms with Crippen molar-refractivity contribution >= 4 is 5.91 Å². The molecule has 2 atom stereocenters. The number of carbonyl (C=O) groups excluding carboxylic acids is 1. The van der Waals surface area contributed by atoms with Crippen molar-refractivity contribution in [1.29, 1.82) is 5.26 Å². The molecule has 1 aliphatic heterocycles. The summed E-state index contributed by atoms with van der Waals surface area (Å²) in [6.45, 7) is 0.611. The van der Waals surface area contributed by atoms with Crippen LogP contribution in [-0.2, 0) is 16.6 Å². The highest BCUT2D eigenvalue weighted by atomic mass is 16.5. The van der Waals surface area contributed by atoms with Crippen LogP contribution in [0.4, 0.5) is 0 Å². The van der Waals surface area contributed by atoms with Crippen LogP contribution in [0.25, 0.3) is 0 Å². The first-order valence-corrected chi connectivity index (χ1v) is 8.45. The molecule has 124 valence electrons. The second kappa shape index (κ2) is 6.71. The van der Waals surface area contributed by atoms with Gasteiger partial charge in [0, 0.05) is 19.7 Å². The number of ether oxygens (including phenoxy) is 1. The van der Waals surface area contributed by atoms with E-state index in [1.165, 1.54) is 0 Å². The monoisotopic (exact) mass is 316 g/mol. The second-order valence-electron chi connectivity index (χ2n) is 6.74. The van der Waals surface area contributed by atoms with E-state index in [2.05, 4.69) is 16.4 Å². The molecule has 1 saturated heterocycles. The smallest absolute Gasteiger partial charge is 0.240 e. The standard InChI is InChI=1S/C17H24N4O2/c1-21-12-19-10-14(21)15-9-13(5-8-23-15)20-16(22)17(11-18)6-3-2-4-7-17/h10,12-13,15H,2-9H2,1H3,(H,20,22)/t13-,15-/m0/s1. The van der Waals surface area contributed by atoms with Gasteiger partial charge in [0.15, 0.2) is 0 Å². The third kappa shape index (κ3) is 3.25. The summed E-state index contributed by atoms with van der Waals surface area (Å²) in [5, 5.41) is 12.7. The van der Waals surface area contributed by atoms with E-state index >= 15 is 0 Å². The van der Waals surface area contributed by atoms with Crippen molar-refractivity contribution in [2.24, 2.45) is 12.5 Å². The topological polar surface area (TPSA) is 79.9 Å². The lowest BCUT2D eigenvalue weighted by Gasteiger charge is -2.34. The summed E-state index contributed by atoms with van der Waals surface area (Å²) >= 11 is 0. The van der Waals surface area contributed by atoms with Gasteiger partial charge in [-0.2, -0.15) is 5.26 Å². The minimum Gasteiger partial charge on any atom is -0.372 e. The van der Waals surface area contributed by atoms with Crippen LogP contribution in [0.3, 0.4) is 0 Å². The molecular weight excluding hydrogens is 292 g/mol. The molecule has 2 fully saturated rings. The van der Waals surface area contributed by atoms with Crippen molar-refractivity contribution in [2.45, 2.75) is 57.1 Å². The van der Waals surface area contributed by atoms with E-state index in [0.29, 0.717) is 19.4 Å². The van der Waals surface area contributed by atoms with E-state index in [1.807, 2.05) is 17.8 Å². The Bertz CT molecular complexity index is 598. The Morgan fingerprint density at radius 3 is 2.91 bits per heavy atom. The Labute approximate surface area is 136 Å². The Morgan fingerprint density at radius 1 is 1.48 bits per heavy atom. The molecule has 23 heavy (non-hydrogen) atoms. The normalized spacial score (nSPS) is 27.1. The van der Waals surface area contributed by atoms with Gasteiger partial charge in [0.05, 0.1) is 24.3 Å². The molecule has 1 aliphatic carbocycles. The summed E-state index contributed by atoms with van der Waals surface area (Å²) in [5.41, 5.74) is 0.204. The van der Waals surface area contributed by atoms with Gasteiger partial charge < -0.3 is 14.6 Å². The number of nitrogens with zero attached hydrogens (tertiary/aromatic N) is 3. The van der Waals surface area contributed by atoms with E-state index in [9.17, 15) is 10.1 Å². The summed E-state index contributed by atoms with van der Waals surface area (Å²) in [5.74, 6) is -0.0876. The van der Waals surface area contributed by atoms with Gasteiger partial charge >= 0.3 is 0 Å². The lowest BCUT2D eigenvalue weighted by molar-refractivity contribution is -0.131. The summed E-state index contributed by atoms with van der Waals surface area (Å²) < 4.78 is 7.79. The predicted molar refractivity (Wildman–Crippen MR) is 84.2 cm³/mol. The number of aryl methyl sites for hydroxylation is 1. The number of nitriles is 1. The molecule has 1 aromatic heterocycles. The Morgan fingerprint density at radius 2 is 2.26 bits per heavy atom. The van der Waals surface area contributed by atoms with Gasteiger partial charge in [-0.15, -0.1) is 0 Å².